The molecule has 0 amide bonds. The van der Waals surface area contributed by atoms with E-state index in [1.807, 2.05) is 13.0 Å². The molecule has 0 aliphatic carbocycles. The summed E-state index contributed by atoms with van der Waals surface area (Å²) in [5, 5.41) is 0. The van der Waals surface area contributed by atoms with E-state index >= 15 is 0 Å². The number of carbonyl (C=O) groups excluding carboxylic acids is 1. The Balaban J connectivity index is 2.23. The highest BCUT2D eigenvalue weighted by atomic mass is 32.1. The van der Waals surface area contributed by atoms with Gasteiger partial charge in [0.25, 0.3) is 0 Å². The smallest absolute Gasteiger partial charge is 0.239 e. The average molecular weight is 209 g/mol. The van der Waals surface area contributed by atoms with Crippen molar-refractivity contribution in [2.75, 3.05) is 6.61 Å². The Bertz CT molecular complexity index is 381. The van der Waals surface area contributed by atoms with Crippen LogP contribution in [0.15, 0.2) is 17.3 Å². The third kappa shape index (κ3) is 1.70. The maximum absolute atomic E-state index is 11.9. The number of ketones is 1. The molecular formula is C10H11NO2S. The third-order valence-corrected chi connectivity index (χ3v) is 3.04. The lowest BCUT2D eigenvalue weighted by molar-refractivity contribution is 0.0902. The van der Waals surface area contributed by atoms with Crippen molar-refractivity contribution < 1.29 is 9.53 Å². The van der Waals surface area contributed by atoms with Gasteiger partial charge in [0.2, 0.25) is 5.78 Å². The molecule has 0 atom stereocenters. The molecule has 0 saturated heterocycles. The molecule has 0 fully saturated rings. The lowest BCUT2D eigenvalue weighted by atomic mass is 10.1. The maximum atomic E-state index is 11.9. The van der Waals surface area contributed by atoms with Crippen LogP contribution in [0.25, 0.3) is 0 Å². The number of rotatable bonds is 2. The zero-order valence-corrected chi connectivity index (χ0v) is 8.76. The number of aryl methyl sites for hydroxylation is 1. The van der Waals surface area contributed by atoms with E-state index in [2.05, 4.69) is 4.98 Å². The van der Waals surface area contributed by atoms with E-state index < -0.39 is 0 Å². The molecule has 0 bridgehead atoms. The van der Waals surface area contributed by atoms with Crippen molar-refractivity contribution in [3.63, 3.8) is 0 Å². The molecule has 74 valence electrons. The first-order valence-electron chi connectivity index (χ1n) is 4.57. The van der Waals surface area contributed by atoms with Gasteiger partial charge in [-0.3, -0.25) is 4.79 Å². The molecule has 0 unspecified atom stereocenters. The van der Waals surface area contributed by atoms with Gasteiger partial charge in [-0.2, -0.15) is 0 Å². The second-order valence-corrected chi connectivity index (χ2v) is 4.01. The Morgan fingerprint density at radius 1 is 1.64 bits per heavy atom. The van der Waals surface area contributed by atoms with Crippen molar-refractivity contribution in [1.29, 1.82) is 0 Å². The minimum atomic E-state index is -0.0234. The van der Waals surface area contributed by atoms with E-state index in [4.69, 9.17) is 4.74 Å². The minimum absolute atomic E-state index is 0.0234. The summed E-state index contributed by atoms with van der Waals surface area (Å²) in [7, 11) is 0. The number of hydrogen-bond donors (Lipinski definition) is 0. The fourth-order valence-corrected chi connectivity index (χ4v) is 2.09. The zero-order chi connectivity index (χ0) is 9.97. The van der Waals surface area contributed by atoms with Crippen LogP contribution in [-0.4, -0.2) is 17.4 Å². The van der Waals surface area contributed by atoms with Gasteiger partial charge in [-0.25, -0.2) is 4.98 Å². The number of hydrogen-bond acceptors (Lipinski definition) is 4. The van der Waals surface area contributed by atoms with Crippen molar-refractivity contribution in [3.8, 4) is 0 Å². The Morgan fingerprint density at radius 2 is 2.50 bits per heavy atom. The van der Waals surface area contributed by atoms with Gasteiger partial charge in [-0.05, 0) is 25.8 Å². The molecule has 0 spiro atoms. The summed E-state index contributed by atoms with van der Waals surface area (Å²) in [5.74, 6) is 0.466. The molecule has 2 heterocycles. The number of ether oxygens (including phenoxy) is 1. The summed E-state index contributed by atoms with van der Waals surface area (Å²) < 4.78 is 5.31. The van der Waals surface area contributed by atoms with E-state index in [1.165, 1.54) is 11.3 Å². The molecule has 4 heteroatoms. The minimum Gasteiger partial charge on any atom is -0.490 e. The molecule has 1 aromatic rings. The SMILES string of the molecule is Cc1ncsc1C(=O)C1=CCCCO1. The van der Waals surface area contributed by atoms with Crippen LogP contribution < -0.4 is 0 Å². The van der Waals surface area contributed by atoms with Crippen LogP contribution in [0.2, 0.25) is 0 Å². The highest BCUT2D eigenvalue weighted by molar-refractivity contribution is 7.12. The fourth-order valence-electron chi connectivity index (χ4n) is 1.35. The van der Waals surface area contributed by atoms with Gasteiger partial charge in [-0.1, -0.05) is 0 Å². The predicted molar refractivity (Wildman–Crippen MR) is 54.5 cm³/mol. The second-order valence-electron chi connectivity index (χ2n) is 3.16. The van der Waals surface area contributed by atoms with Crippen LogP contribution in [0.3, 0.4) is 0 Å². The molecule has 1 aliphatic rings. The summed E-state index contributed by atoms with van der Waals surface area (Å²) in [6.45, 7) is 2.49. The first-order valence-corrected chi connectivity index (χ1v) is 5.45. The maximum Gasteiger partial charge on any atom is 0.239 e. The lowest BCUT2D eigenvalue weighted by Gasteiger charge is -2.12. The van der Waals surface area contributed by atoms with Gasteiger partial charge in [-0.15, -0.1) is 11.3 Å². The number of nitrogens with zero attached hydrogens (tertiary/aromatic N) is 1. The van der Waals surface area contributed by atoms with Gasteiger partial charge < -0.3 is 4.74 Å². The largest absolute Gasteiger partial charge is 0.490 e. The summed E-state index contributed by atoms with van der Waals surface area (Å²) in [5.41, 5.74) is 2.47. The number of carbonyl (C=O) groups is 1. The van der Waals surface area contributed by atoms with Crippen LogP contribution in [-0.2, 0) is 4.74 Å². The van der Waals surface area contributed by atoms with Crippen LogP contribution >= 0.6 is 11.3 Å². The van der Waals surface area contributed by atoms with Gasteiger partial charge in [0.15, 0.2) is 5.76 Å². The quantitative estimate of drug-likeness (QED) is 0.702. The molecule has 0 radical (unpaired) electrons. The monoisotopic (exact) mass is 209 g/mol. The summed E-state index contributed by atoms with van der Waals surface area (Å²) in [6, 6.07) is 0. The van der Waals surface area contributed by atoms with Crippen LogP contribution in [0.5, 0.6) is 0 Å². The Kier molecular flexibility index (Phi) is 2.63. The summed E-state index contributed by atoms with van der Waals surface area (Å²) in [4.78, 5) is 16.6. The lowest BCUT2D eigenvalue weighted by Crippen LogP contribution is -2.11. The van der Waals surface area contributed by atoms with Crippen LogP contribution in [0.1, 0.15) is 28.2 Å². The fraction of sp³-hybridized carbons (Fsp3) is 0.400. The number of allylic oxidation sites excluding steroid dienone is 2. The topological polar surface area (TPSA) is 39.2 Å². The van der Waals surface area contributed by atoms with Gasteiger partial charge in [0.05, 0.1) is 17.8 Å². The second kappa shape index (κ2) is 3.92. The van der Waals surface area contributed by atoms with Crippen molar-refractivity contribution in [1.82, 2.24) is 4.98 Å². The highest BCUT2D eigenvalue weighted by Gasteiger charge is 2.19. The molecule has 3 nitrogen and oxygen atoms in total. The molecule has 1 aromatic heterocycles. The predicted octanol–water partition coefficient (Wildman–Crippen LogP) is 2.33. The number of aromatic nitrogens is 1. The molecule has 14 heavy (non-hydrogen) atoms. The van der Waals surface area contributed by atoms with E-state index in [1.54, 1.807) is 5.51 Å². The highest BCUT2D eigenvalue weighted by Crippen LogP contribution is 2.20. The Labute approximate surface area is 86.4 Å². The van der Waals surface area contributed by atoms with Crippen molar-refractivity contribution in [2.24, 2.45) is 0 Å². The molecule has 0 N–H and O–H groups in total. The van der Waals surface area contributed by atoms with E-state index in [-0.39, 0.29) is 5.78 Å². The van der Waals surface area contributed by atoms with Crippen molar-refractivity contribution >= 4 is 17.1 Å². The Morgan fingerprint density at radius 3 is 3.07 bits per heavy atom. The van der Waals surface area contributed by atoms with Gasteiger partial charge in [0, 0.05) is 0 Å². The first-order chi connectivity index (χ1) is 6.79. The standard InChI is InChI=1S/C10H11NO2S/c1-7-10(14-6-11-7)9(12)8-4-2-3-5-13-8/h4,6H,2-3,5H2,1H3. The number of Topliss-reactive ketones (excluding diaryl/α,β-unsaturated/α-hetero) is 1. The molecular weight excluding hydrogens is 198 g/mol. The van der Waals surface area contributed by atoms with E-state index in [0.29, 0.717) is 17.2 Å². The van der Waals surface area contributed by atoms with Gasteiger partial charge >= 0.3 is 0 Å². The van der Waals surface area contributed by atoms with Crippen molar-refractivity contribution in [2.45, 2.75) is 19.8 Å². The third-order valence-electron chi connectivity index (χ3n) is 2.11. The van der Waals surface area contributed by atoms with E-state index in [9.17, 15) is 4.79 Å². The molecule has 2 rings (SSSR count). The first kappa shape index (κ1) is 9.40. The molecule has 1 aliphatic heterocycles. The normalized spacial score (nSPS) is 15.9. The van der Waals surface area contributed by atoms with Gasteiger partial charge in [0.1, 0.15) is 4.88 Å². The van der Waals surface area contributed by atoms with Crippen LogP contribution in [0.4, 0.5) is 0 Å². The molecule has 0 aromatic carbocycles. The molecule has 0 saturated carbocycles. The average Bonchev–Trinajstić information content (AvgIpc) is 2.65. The van der Waals surface area contributed by atoms with E-state index in [0.717, 1.165) is 18.5 Å². The summed E-state index contributed by atoms with van der Waals surface area (Å²) >= 11 is 1.37. The number of thiazole rings is 1. The van der Waals surface area contributed by atoms with Crippen molar-refractivity contribution in [3.05, 3.63) is 27.9 Å². The summed E-state index contributed by atoms with van der Waals surface area (Å²) in [6.07, 6.45) is 3.79. The van der Waals surface area contributed by atoms with Crippen LogP contribution in [0, 0.1) is 6.92 Å². The Hall–Kier alpha value is -1.16. The zero-order valence-electron chi connectivity index (χ0n) is 7.95.